The van der Waals surface area contributed by atoms with Gasteiger partial charge in [0.2, 0.25) is 11.8 Å². The Kier molecular flexibility index (Phi) is 5.36. The molecule has 4 aromatic rings. The van der Waals surface area contributed by atoms with Crippen molar-refractivity contribution in [1.29, 1.82) is 0 Å². The summed E-state index contributed by atoms with van der Waals surface area (Å²) < 4.78 is 7.71. The van der Waals surface area contributed by atoms with E-state index in [0.29, 0.717) is 22.5 Å². The van der Waals surface area contributed by atoms with Crippen molar-refractivity contribution in [2.75, 3.05) is 5.32 Å². The zero-order valence-electron chi connectivity index (χ0n) is 16.3. The molecule has 0 atom stereocenters. The van der Waals surface area contributed by atoms with E-state index in [1.165, 1.54) is 0 Å². The third-order valence-electron chi connectivity index (χ3n) is 4.72. The normalized spacial score (nSPS) is 11.1. The highest BCUT2D eigenvalue weighted by Crippen LogP contribution is 2.28. The first kappa shape index (κ1) is 19.2. The van der Waals surface area contributed by atoms with Crippen molar-refractivity contribution in [2.45, 2.75) is 33.2 Å². The third kappa shape index (κ3) is 4.03. The lowest BCUT2D eigenvalue weighted by molar-refractivity contribution is -0.116. The third-order valence-corrected chi connectivity index (χ3v) is 5.12. The molecule has 29 heavy (non-hydrogen) atoms. The number of aromatic nitrogens is 3. The van der Waals surface area contributed by atoms with E-state index in [1.54, 1.807) is 6.07 Å². The number of para-hydroxylation sites is 1. The molecule has 0 saturated carbocycles. The number of rotatable bonds is 6. The Morgan fingerprint density at radius 1 is 1.17 bits per heavy atom. The van der Waals surface area contributed by atoms with E-state index in [-0.39, 0.29) is 12.5 Å². The molecule has 0 radical (unpaired) electrons. The predicted octanol–water partition coefficient (Wildman–Crippen LogP) is 5.24. The molecule has 0 aliphatic rings. The Hall–Kier alpha value is -3.12. The number of nitrogens with one attached hydrogen (secondary N) is 1. The standard InChI is InChI=1S/C22H21ClN4O2/c1-3-6-21-25-26-22(29-21)19-11-15-7-4-5-8-18(15)27(19)13-20(28)24-16-10-9-14(2)17(23)12-16/h4-5,7-12H,3,6,13H2,1-2H3,(H,24,28). The number of benzene rings is 2. The van der Waals surface area contributed by atoms with E-state index < -0.39 is 0 Å². The van der Waals surface area contributed by atoms with Gasteiger partial charge in [0.25, 0.3) is 5.89 Å². The summed E-state index contributed by atoms with van der Waals surface area (Å²) in [4.78, 5) is 12.8. The number of amides is 1. The topological polar surface area (TPSA) is 73.0 Å². The minimum atomic E-state index is -0.166. The number of fused-ring (bicyclic) bond motifs is 1. The van der Waals surface area contributed by atoms with Gasteiger partial charge < -0.3 is 14.3 Å². The van der Waals surface area contributed by atoms with Gasteiger partial charge in [0.05, 0.1) is 0 Å². The minimum Gasteiger partial charge on any atom is -0.419 e. The highest BCUT2D eigenvalue weighted by atomic mass is 35.5. The van der Waals surface area contributed by atoms with Crippen molar-refractivity contribution in [2.24, 2.45) is 0 Å². The molecule has 0 unspecified atom stereocenters. The largest absolute Gasteiger partial charge is 0.419 e. The molecule has 4 rings (SSSR count). The number of carbonyl (C=O) groups excluding carboxylic acids is 1. The van der Waals surface area contributed by atoms with Crippen LogP contribution in [0.15, 0.2) is 52.9 Å². The molecule has 0 fully saturated rings. The SMILES string of the molecule is CCCc1nnc(-c2cc3ccccc3n2CC(=O)Nc2ccc(C)c(Cl)c2)o1. The summed E-state index contributed by atoms with van der Waals surface area (Å²) >= 11 is 6.17. The minimum absolute atomic E-state index is 0.111. The second-order valence-electron chi connectivity index (χ2n) is 6.94. The van der Waals surface area contributed by atoms with Crippen LogP contribution in [0.25, 0.3) is 22.5 Å². The first-order valence-corrected chi connectivity index (χ1v) is 9.90. The van der Waals surface area contributed by atoms with Gasteiger partial charge in [0.1, 0.15) is 12.2 Å². The number of hydrogen-bond donors (Lipinski definition) is 1. The smallest absolute Gasteiger partial charge is 0.264 e. The molecule has 0 spiro atoms. The van der Waals surface area contributed by atoms with Gasteiger partial charge in [-0.05, 0) is 43.2 Å². The van der Waals surface area contributed by atoms with Crippen molar-refractivity contribution in [3.05, 3.63) is 65.0 Å². The highest BCUT2D eigenvalue weighted by Gasteiger charge is 2.18. The van der Waals surface area contributed by atoms with Crippen molar-refractivity contribution in [3.8, 4) is 11.6 Å². The number of halogens is 1. The summed E-state index contributed by atoms with van der Waals surface area (Å²) in [5.41, 5.74) is 3.27. The first-order valence-electron chi connectivity index (χ1n) is 9.52. The van der Waals surface area contributed by atoms with Crippen LogP contribution in [0, 0.1) is 6.92 Å². The Morgan fingerprint density at radius 2 is 2.00 bits per heavy atom. The van der Waals surface area contributed by atoms with Crippen LogP contribution in [-0.2, 0) is 17.8 Å². The first-order chi connectivity index (χ1) is 14.0. The van der Waals surface area contributed by atoms with Gasteiger partial charge in [-0.3, -0.25) is 4.79 Å². The van der Waals surface area contributed by atoms with E-state index in [9.17, 15) is 4.79 Å². The Balaban J connectivity index is 1.66. The molecule has 2 heterocycles. The molecule has 7 heteroatoms. The molecule has 148 valence electrons. The maximum absolute atomic E-state index is 12.8. The maximum Gasteiger partial charge on any atom is 0.264 e. The van der Waals surface area contributed by atoms with Crippen LogP contribution in [0.4, 0.5) is 5.69 Å². The number of nitrogens with zero attached hydrogens (tertiary/aromatic N) is 3. The van der Waals surface area contributed by atoms with Crippen molar-refractivity contribution in [3.63, 3.8) is 0 Å². The average molecular weight is 409 g/mol. The van der Waals surface area contributed by atoms with E-state index >= 15 is 0 Å². The van der Waals surface area contributed by atoms with Crippen LogP contribution >= 0.6 is 11.6 Å². The van der Waals surface area contributed by atoms with Crippen LogP contribution in [0.5, 0.6) is 0 Å². The molecular formula is C22H21ClN4O2. The summed E-state index contributed by atoms with van der Waals surface area (Å²) in [5, 5.41) is 12.8. The number of aryl methyl sites for hydroxylation is 2. The average Bonchev–Trinajstić information content (AvgIpc) is 3.30. The number of hydrogen-bond acceptors (Lipinski definition) is 4. The summed E-state index contributed by atoms with van der Waals surface area (Å²) in [7, 11) is 0. The van der Waals surface area contributed by atoms with E-state index in [4.69, 9.17) is 16.0 Å². The zero-order chi connectivity index (χ0) is 20.4. The van der Waals surface area contributed by atoms with E-state index in [2.05, 4.69) is 22.4 Å². The summed E-state index contributed by atoms with van der Waals surface area (Å²) in [5.74, 6) is 0.842. The number of carbonyl (C=O) groups is 1. The van der Waals surface area contributed by atoms with Crippen molar-refractivity contribution >= 4 is 34.1 Å². The molecule has 0 bridgehead atoms. The molecule has 2 aromatic heterocycles. The molecule has 0 aliphatic heterocycles. The van der Waals surface area contributed by atoms with Gasteiger partial charge in [-0.2, -0.15) is 0 Å². The monoisotopic (exact) mass is 408 g/mol. The lowest BCUT2D eigenvalue weighted by Crippen LogP contribution is -2.19. The Bertz CT molecular complexity index is 1180. The van der Waals surface area contributed by atoms with Gasteiger partial charge >= 0.3 is 0 Å². The Labute approximate surface area is 173 Å². The molecule has 1 amide bonds. The fourth-order valence-electron chi connectivity index (χ4n) is 3.24. The van der Waals surface area contributed by atoms with Gasteiger partial charge in [-0.1, -0.05) is 42.8 Å². The van der Waals surface area contributed by atoms with Gasteiger partial charge in [0, 0.05) is 28.0 Å². The van der Waals surface area contributed by atoms with E-state index in [1.807, 2.05) is 54.0 Å². The Morgan fingerprint density at radius 3 is 2.79 bits per heavy atom. The summed E-state index contributed by atoms with van der Waals surface area (Å²) in [6, 6.07) is 15.3. The van der Waals surface area contributed by atoms with Crippen LogP contribution in [-0.4, -0.2) is 20.7 Å². The van der Waals surface area contributed by atoms with Crippen LogP contribution < -0.4 is 5.32 Å². The molecule has 6 nitrogen and oxygen atoms in total. The second kappa shape index (κ2) is 8.09. The van der Waals surface area contributed by atoms with Gasteiger partial charge in [-0.25, -0.2) is 0 Å². The molecule has 1 N–H and O–H groups in total. The lowest BCUT2D eigenvalue weighted by atomic mass is 10.2. The summed E-state index contributed by atoms with van der Waals surface area (Å²) in [6.07, 6.45) is 1.65. The van der Waals surface area contributed by atoms with Crippen LogP contribution in [0.3, 0.4) is 0 Å². The zero-order valence-corrected chi connectivity index (χ0v) is 17.0. The lowest BCUT2D eigenvalue weighted by Gasteiger charge is -2.10. The summed E-state index contributed by atoms with van der Waals surface area (Å²) in [6.45, 7) is 4.09. The van der Waals surface area contributed by atoms with Gasteiger partial charge in [-0.15, -0.1) is 10.2 Å². The molecule has 0 saturated heterocycles. The molecule has 2 aromatic carbocycles. The molecular weight excluding hydrogens is 388 g/mol. The van der Waals surface area contributed by atoms with E-state index in [0.717, 1.165) is 35.0 Å². The van der Waals surface area contributed by atoms with Gasteiger partial charge in [0.15, 0.2) is 0 Å². The second-order valence-corrected chi connectivity index (χ2v) is 7.34. The fourth-order valence-corrected chi connectivity index (χ4v) is 3.43. The van der Waals surface area contributed by atoms with Crippen molar-refractivity contribution in [1.82, 2.24) is 14.8 Å². The quantitative estimate of drug-likeness (QED) is 0.473. The highest BCUT2D eigenvalue weighted by molar-refractivity contribution is 6.31. The van der Waals surface area contributed by atoms with Crippen LogP contribution in [0.1, 0.15) is 24.8 Å². The van der Waals surface area contributed by atoms with Crippen molar-refractivity contribution < 1.29 is 9.21 Å². The fraction of sp³-hybridized carbons (Fsp3) is 0.227. The number of anilines is 1. The maximum atomic E-state index is 12.8. The molecule has 0 aliphatic carbocycles. The predicted molar refractivity (Wildman–Crippen MR) is 114 cm³/mol. The van der Waals surface area contributed by atoms with Crippen LogP contribution in [0.2, 0.25) is 5.02 Å².